The molecule has 0 bridgehead atoms. The predicted molar refractivity (Wildman–Crippen MR) is 170 cm³/mol. The molecule has 0 saturated carbocycles. The van der Waals surface area contributed by atoms with Crippen molar-refractivity contribution in [1.29, 1.82) is 0 Å². The number of nitrogens with two attached hydrogens (primary N) is 1. The molecule has 16 heteroatoms. The minimum Gasteiger partial charge on any atom is -0.492 e. The number of furan rings is 1. The van der Waals surface area contributed by atoms with Crippen molar-refractivity contribution in [1.82, 2.24) is 39.3 Å². The van der Waals surface area contributed by atoms with Crippen molar-refractivity contribution in [3.8, 4) is 17.3 Å². The Bertz CT molecular complexity index is 1780. The number of benzene rings is 1. The van der Waals surface area contributed by atoms with Crippen LogP contribution in [0.5, 0.6) is 5.75 Å². The van der Waals surface area contributed by atoms with Crippen molar-refractivity contribution in [3.63, 3.8) is 0 Å². The Morgan fingerprint density at radius 1 is 1.00 bits per heavy atom. The summed E-state index contributed by atoms with van der Waals surface area (Å²) in [5.74, 6) is 1.31. The average Bonchev–Trinajstić information content (AvgIpc) is 3.77. The molecule has 2 aliphatic heterocycles. The lowest BCUT2D eigenvalue weighted by Crippen LogP contribution is -2.47. The maximum Gasteiger partial charge on any atom is 0.309 e. The Kier molecular flexibility index (Phi) is 9.00. The quantitative estimate of drug-likeness (QED) is 0.244. The highest BCUT2D eigenvalue weighted by atomic mass is 35.5. The molecule has 234 valence electrons. The van der Waals surface area contributed by atoms with Gasteiger partial charge < -0.3 is 25.1 Å². The van der Waals surface area contributed by atoms with Gasteiger partial charge in [0.25, 0.3) is 0 Å². The predicted octanol–water partition coefficient (Wildman–Crippen LogP) is 2.01. The number of aromatic nitrogens is 5. The molecule has 0 atom stereocenters. The summed E-state index contributed by atoms with van der Waals surface area (Å²) < 4.78 is 30.0. The van der Waals surface area contributed by atoms with Crippen LogP contribution in [0.1, 0.15) is 0 Å². The third kappa shape index (κ3) is 6.10. The smallest absolute Gasteiger partial charge is 0.309 e. The average molecular weight is 645 g/mol. The van der Waals surface area contributed by atoms with Gasteiger partial charge in [0, 0.05) is 78.1 Å². The van der Waals surface area contributed by atoms with Crippen LogP contribution in [0.3, 0.4) is 0 Å². The molecule has 0 spiro atoms. The van der Waals surface area contributed by atoms with Crippen molar-refractivity contribution in [2.24, 2.45) is 0 Å². The van der Waals surface area contributed by atoms with Gasteiger partial charge in [-0.15, -0.1) is 17.5 Å². The van der Waals surface area contributed by atoms with Crippen molar-refractivity contribution in [3.05, 3.63) is 52.1 Å². The van der Waals surface area contributed by atoms with E-state index in [2.05, 4.69) is 35.1 Å². The third-order valence-corrected chi connectivity index (χ3v) is 8.98. The normalized spacial score (nSPS) is 16.5. The first-order valence-corrected chi connectivity index (χ1v) is 15.3. The number of piperazine rings is 2. The number of fused-ring (bicyclic) bond motifs is 3. The number of hydrogen-bond donors (Lipinski definition) is 2. The minimum atomic E-state index is -0.275. The molecule has 7 rings (SSSR count). The van der Waals surface area contributed by atoms with E-state index < -0.39 is 0 Å². The molecule has 0 radical (unpaired) electrons. The molecule has 44 heavy (non-hydrogen) atoms. The number of halogens is 2. The molecule has 2 saturated heterocycles. The lowest BCUT2D eigenvalue weighted by atomic mass is 10.2. The molecule has 2 fully saturated rings. The van der Waals surface area contributed by atoms with Gasteiger partial charge in [-0.3, -0.25) is 19.2 Å². The van der Waals surface area contributed by atoms with Crippen LogP contribution in [0, 0.1) is 5.82 Å². The van der Waals surface area contributed by atoms with Gasteiger partial charge in [-0.2, -0.15) is 9.50 Å². The molecule has 2 aliphatic rings. The first kappa shape index (κ1) is 30.3. The summed E-state index contributed by atoms with van der Waals surface area (Å²) in [6.45, 7) is 9.34. The summed E-state index contributed by atoms with van der Waals surface area (Å²) in [4.78, 5) is 28.6. The van der Waals surface area contributed by atoms with E-state index in [1.807, 2.05) is 6.07 Å². The van der Waals surface area contributed by atoms with E-state index in [0.29, 0.717) is 71.8 Å². The van der Waals surface area contributed by atoms with Crippen LogP contribution in [-0.4, -0.2) is 106 Å². The van der Waals surface area contributed by atoms with E-state index in [1.54, 1.807) is 29.0 Å². The number of nitrogens with zero attached hydrogens (tertiary/aromatic N) is 8. The minimum absolute atomic E-state index is 0. The van der Waals surface area contributed by atoms with Crippen molar-refractivity contribution in [2.75, 3.05) is 82.7 Å². The molecule has 4 aromatic heterocycles. The van der Waals surface area contributed by atoms with Crippen molar-refractivity contribution >= 4 is 51.4 Å². The zero-order valence-corrected chi connectivity index (χ0v) is 25.7. The molecule has 6 heterocycles. The number of nitrogen functional groups attached to an aromatic ring is 1. The second kappa shape index (κ2) is 13.1. The van der Waals surface area contributed by atoms with E-state index in [-0.39, 0.29) is 29.0 Å². The Balaban J connectivity index is 0.00000343. The fourth-order valence-corrected chi connectivity index (χ4v) is 6.58. The highest BCUT2D eigenvalue weighted by Gasteiger charge is 2.23. The number of nitrogens with one attached hydrogen (secondary N) is 1. The van der Waals surface area contributed by atoms with E-state index in [0.717, 1.165) is 57.2 Å². The summed E-state index contributed by atoms with van der Waals surface area (Å²) >= 11 is 1.08. The molecule has 1 aromatic carbocycles. The SMILES string of the molecule is Cl.Nc1nc2c(sc(=O)n2CCN2CCN(c3ccc(OCCN4CCNCC4)cc3F)CC2)c2nc(-c3ccco3)nn12. The molecule has 0 aliphatic carbocycles. The summed E-state index contributed by atoms with van der Waals surface area (Å²) in [5, 5.41) is 7.74. The topological polar surface area (TPSA) is 135 Å². The summed E-state index contributed by atoms with van der Waals surface area (Å²) in [6.07, 6.45) is 1.55. The van der Waals surface area contributed by atoms with Gasteiger partial charge in [0.05, 0.1) is 12.0 Å². The molecular formula is C28H34ClFN10O3S. The Morgan fingerprint density at radius 2 is 1.80 bits per heavy atom. The number of ether oxygens (including phenoxy) is 1. The highest BCUT2D eigenvalue weighted by Crippen LogP contribution is 2.27. The van der Waals surface area contributed by atoms with Crippen LogP contribution < -0.4 is 25.6 Å². The zero-order chi connectivity index (χ0) is 29.3. The van der Waals surface area contributed by atoms with Gasteiger partial charge in [0.1, 0.15) is 22.9 Å². The van der Waals surface area contributed by atoms with Gasteiger partial charge in [0.15, 0.2) is 17.1 Å². The maximum absolute atomic E-state index is 15.0. The zero-order valence-electron chi connectivity index (χ0n) is 24.0. The molecule has 13 nitrogen and oxygen atoms in total. The lowest BCUT2D eigenvalue weighted by Gasteiger charge is -2.36. The van der Waals surface area contributed by atoms with Crippen molar-refractivity contribution < 1.29 is 13.5 Å². The van der Waals surface area contributed by atoms with Gasteiger partial charge >= 0.3 is 4.87 Å². The fourth-order valence-electron chi connectivity index (χ4n) is 5.65. The largest absolute Gasteiger partial charge is 0.492 e. The van der Waals surface area contributed by atoms with Gasteiger partial charge in [-0.1, -0.05) is 11.3 Å². The lowest BCUT2D eigenvalue weighted by molar-refractivity contribution is 0.191. The van der Waals surface area contributed by atoms with Crippen LogP contribution in [0.15, 0.2) is 45.8 Å². The first-order valence-electron chi connectivity index (χ1n) is 14.5. The van der Waals surface area contributed by atoms with Crippen LogP contribution >= 0.6 is 23.7 Å². The Morgan fingerprint density at radius 3 is 2.55 bits per heavy atom. The van der Waals surface area contributed by atoms with Crippen LogP contribution in [0.4, 0.5) is 16.0 Å². The number of rotatable bonds is 9. The molecule has 5 aromatic rings. The Hall–Kier alpha value is -3.76. The number of anilines is 2. The third-order valence-electron chi connectivity index (χ3n) is 8.02. The van der Waals surface area contributed by atoms with Gasteiger partial charge in [-0.25, -0.2) is 9.37 Å². The number of thiazole rings is 1. The summed E-state index contributed by atoms with van der Waals surface area (Å²) in [6, 6.07) is 8.65. The summed E-state index contributed by atoms with van der Waals surface area (Å²) in [7, 11) is 0. The molecule has 3 N–H and O–H groups in total. The monoisotopic (exact) mass is 644 g/mol. The second-order valence-corrected chi connectivity index (χ2v) is 11.6. The van der Waals surface area contributed by atoms with Crippen LogP contribution in [0.2, 0.25) is 0 Å². The van der Waals surface area contributed by atoms with Gasteiger partial charge in [0.2, 0.25) is 11.8 Å². The fraction of sp³-hybridized carbons (Fsp3) is 0.429. The molecule has 0 unspecified atom stereocenters. The van der Waals surface area contributed by atoms with Crippen LogP contribution in [-0.2, 0) is 6.54 Å². The van der Waals surface area contributed by atoms with E-state index >= 15 is 4.39 Å². The standard InChI is InChI=1S/C28H33FN10O3S.ClH/c29-20-18-19(41-17-15-35-7-5-31-6-8-35)3-4-21(20)37-12-9-36(10-13-37)11-14-38-25-23(43-28(38)40)26-32-24(22-2-1-16-42-22)34-39(26)27(30)33-25;/h1-4,16,18,31H,5-15,17H2,(H2,30,33);1H. The van der Waals surface area contributed by atoms with Gasteiger partial charge in [-0.05, 0) is 24.3 Å². The maximum atomic E-state index is 15.0. The first-order chi connectivity index (χ1) is 21.0. The summed E-state index contributed by atoms with van der Waals surface area (Å²) in [5.41, 5.74) is 7.75. The molecular weight excluding hydrogens is 611 g/mol. The Labute approximate surface area is 262 Å². The van der Waals surface area contributed by atoms with E-state index in [1.165, 1.54) is 10.6 Å². The van der Waals surface area contributed by atoms with Crippen molar-refractivity contribution in [2.45, 2.75) is 6.54 Å². The van der Waals surface area contributed by atoms with E-state index in [4.69, 9.17) is 14.9 Å². The van der Waals surface area contributed by atoms with Crippen LogP contribution in [0.25, 0.3) is 27.6 Å². The molecule has 0 amide bonds. The number of hydrogen-bond acceptors (Lipinski definition) is 12. The second-order valence-electron chi connectivity index (χ2n) is 10.7. The van der Waals surface area contributed by atoms with E-state index in [9.17, 15) is 4.79 Å². The highest BCUT2D eigenvalue weighted by molar-refractivity contribution is 7.17.